The molecule has 0 aromatic carbocycles. The molecule has 0 rings (SSSR count). The second-order valence-corrected chi connectivity index (χ2v) is 6.87. The van der Waals surface area contributed by atoms with Crippen molar-refractivity contribution in [1.29, 1.82) is 0 Å². The molecule has 0 aromatic rings. The Bertz CT molecular complexity index is 121. The highest BCUT2D eigenvalue weighted by Crippen LogP contribution is 2.14. The molecule has 0 N–H and O–H groups in total. The third-order valence-electron chi connectivity index (χ3n) is 3.59. The van der Waals surface area contributed by atoms with E-state index in [9.17, 15) is 0 Å². The van der Waals surface area contributed by atoms with Crippen LogP contribution in [0.5, 0.6) is 0 Å². The minimum absolute atomic E-state index is 1.22. The van der Waals surface area contributed by atoms with Crippen molar-refractivity contribution in [2.45, 2.75) is 96.8 Å². The summed E-state index contributed by atoms with van der Waals surface area (Å²) in [5, 5.41) is 0. The Morgan fingerprint density at radius 3 is 1.22 bits per heavy atom. The zero-order valence-electron chi connectivity index (χ0n) is 12.5. The van der Waals surface area contributed by atoms with Gasteiger partial charge in [0, 0.05) is 5.75 Å². The van der Waals surface area contributed by atoms with Crippen LogP contribution in [0.2, 0.25) is 0 Å². The third kappa shape index (κ3) is 16.7. The molecule has 110 valence electrons. The van der Waals surface area contributed by atoms with E-state index < -0.39 is 0 Å². The van der Waals surface area contributed by atoms with Crippen LogP contribution in [0.4, 0.5) is 0 Å². The predicted molar refractivity (Wildman–Crippen MR) is 91.8 cm³/mol. The van der Waals surface area contributed by atoms with Gasteiger partial charge in [-0.1, -0.05) is 101 Å². The quantitative estimate of drug-likeness (QED) is 0.191. The van der Waals surface area contributed by atoms with Crippen LogP contribution in [0.25, 0.3) is 0 Å². The lowest BCUT2D eigenvalue weighted by molar-refractivity contribution is 0.538. The monoisotopic (exact) mass is 290 g/mol. The molecule has 0 atom stereocenters. The lowest BCUT2D eigenvalue weighted by atomic mass is 10.0. The largest absolute Gasteiger partial charge is 0.111 e. The molecule has 0 fully saturated rings. The van der Waals surface area contributed by atoms with E-state index in [0.717, 1.165) is 0 Å². The summed E-state index contributed by atoms with van der Waals surface area (Å²) < 4.78 is 0. The molecule has 2 heteroatoms. The average Bonchev–Trinajstić information content (AvgIpc) is 2.39. The summed E-state index contributed by atoms with van der Waals surface area (Å²) >= 11 is 4.15. The minimum Gasteiger partial charge on any atom is -0.111 e. The van der Waals surface area contributed by atoms with Crippen molar-refractivity contribution in [1.82, 2.24) is 0 Å². The van der Waals surface area contributed by atoms with Crippen LogP contribution < -0.4 is 0 Å². The van der Waals surface area contributed by atoms with E-state index in [1.807, 2.05) is 0 Å². The van der Waals surface area contributed by atoms with Gasteiger partial charge in [-0.05, 0) is 6.42 Å². The van der Waals surface area contributed by atoms with Crippen molar-refractivity contribution in [3.63, 3.8) is 0 Å². The number of hydrogen-bond acceptors (Lipinski definition) is 2. The fourth-order valence-electron chi connectivity index (χ4n) is 2.36. The zero-order valence-corrected chi connectivity index (χ0v) is 14.2. The molecule has 0 aliphatic carbocycles. The van der Waals surface area contributed by atoms with Crippen molar-refractivity contribution in [2.75, 3.05) is 5.75 Å². The molecule has 0 nitrogen and oxygen atoms in total. The molecule has 0 aromatic heterocycles. The fraction of sp³-hybridized carbons (Fsp3) is 1.00. The zero-order chi connectivity index (χ0) is 13.3. The van der Waals surface area contributed by atoms with E-state index in [1.54, 1.807) is 10.8 Å². The molecule has 0 heterocycles. The maximum Gasteiger partial charge on any atom is 0.00345 e. The SMILES string of the molecule is CCCCCCCCCCCCCCCCSS. The third-order valence-corrected chi connectivity index (χ3v) is 4.61. The summed E-state index contributed by atoms with van der Waals surface area (Å²) in [6, 6.07) is 0. The van der Waals surface area contributed by atoms with Crippen LogP contribution in [-0.2, 0) is 0 Å². The summed E-state index contributed by atoms with van der Waals surface area (Å²) in [7, 11) is 1.68. The smallest absolute Gasteiger partial charge is 0.00345 e. The van der Waals surface area contributed by atoms with E-state index >= 15 is 0 Å². The van der Waals surface area contributed by atoms with Crippen LogP contribution in [0.1, 0.15) is 96.8 Å². The number of rotatable bonds is 15. The first kappa shape index (κ1) is 18.7. The van der Waals surface area contributed by atoms with E-state index in [0.29, 0.717) is 0 Å². The number of unbranched alkanes of at least 4 members (excludes halogenated alkanes) is 13. The molecule has 0 aliphatic heterocycles. The normalized spacial score (nSPS) is 11.0. The molecule has 0 aliphatic rings. The van der Waals surface area contributed by atoms with Crippen LogP contribution in [-0.4, -0.2) is 5.75 Å². The van der Waals surface area contributed by atoms with Gasteiger partial charge in [-0.25, -0.2) is 0 Å². The Hall–Kier alpha value is 0.700. The van der Waals surface area contributed by atoms with Gasteiger partial charge in [0.2, 0.25) is 0 Å². The molecule has 18 heavy (non-hydrogen) atoms. The van der Waals surface area contributed by atoms with Gasteiger partial charge in [-0.2, -0.15) is 0 Å². The highest BCUT2D eigenvalue weighted by Gasteiger charge is 1.93. The highest BCUT2D eigenvalue weighted by molar-refractivity contribution is 8.68. The molecule has 0 spiro atoms. The van der Waals surface area contributed by atoms with Gasteiger partial charge in [-0.15, -0.1) is 11.7 Å². The van der Waals surface area contributed by atoms with Gasteiger partial charge in [0.15, 0.2) is 0 Å². The first-order valence-electron chi connectivity index (χ1n) is 8.18. The van der Waals surface area contributed by atoms with Crippen molar-refractivity contribution in [3.05, 3.63) is 0 Å². The summed E-state index contributed by atoms with van der Waals surface area (Å²) in [4.78, 5) is 0. The molecule has 0 amide bonds. The molecule has 0 saturated carbocycles. The molecular formula is C16H34S2. The van der Waals surface area contributed by atoms with E-state index in [4.69, 9.17) is 0 Å². The van der Waals surface area contributed by atoms with Crippen LogP contribution in [0.3, 0.4) is 0 Å². The van der Waals surface area contributed by atoms with Gasteiger partial charge >= 0.3 is 0 Å². The minimum atomic E-state index is 1.22. The first-order valence-corrected chi connectivity index (χ1v) is 10.2. The highest BCUT2D eigenvalue weighted by atomic mass is 33.1. The second kappa shape index (κ2) is 17.7. The molecule has 0 saturated heterocycles. The van der Waals surface area contributed by atoms with Crippen molar-refractivity contribution in [3.8, 4) is 0 Å². The van der Waals surface area contributed by atoms with Gasteiger partial charge in [0.05, 0.1) is 0 Å². The van der Waals surface area contributed by atoms with Gasteiger partial charge in [-0.3, -0.25) is 0 Å². The second-order valence-electron chi connectivity index (χ2n) is 5.43. The maximum absolute atomic E-state index is 4.15. The van der Waals surface area contributed by atoms with Crippen LogP contribution in [0.15, 0.2) is 0 Å². The van der Waals surface area contributed by atoms with Gasteiger partial charge in [0.1, 0.15) is 0 Å². The Labute approximate surface area is 125 Å². The molecule has 0 radical (unpaired) electrons. The van der Waals surface area contributed by atoms with Crippen LogP contribution in [0, 0.1) is 0 Å². The maximum atomic E-state index is 4.15. The van der Waals surface area contributed by atoms with Crippen LogP contribution >= 0.6 is 22.5 Å². The Kier molecular flexibility index (Phi) is 18.4. The lowest BCUT2D eigenvalue weighted by Gasteiger charge is -2.02. The summed E-state index contributed by atoms with van der Waals surface area (Å²) in [5.41, 5.74) is 0. The van der Waals surface area contributed by atoms with Gasteiger partial charge < -0.3 is 0 Å². The van der Waals surface area contributed by atoms with Crippen molar-refractivity contribution < 1.29 is 0 Å². The van der Waals surface area contributed by atoms with E-state index in [-0.39, 0.29) is 0 Å². The van der Waals surface area contributed by atoms with Crippen molar-refractivity contribution >= 4 is 22.5 Å². The van der Waals surface area contributed by atoms with Crippen molar-refractivity contribution in [2.24, 2.45) is 0 Å². The molecule has 0 unspecified atom stereocenters. The topological polar surface area (TPSA) is 0 Å². The first-order chi connectivity index (χ1) is 8.91. The summed E-state index contributed by atoms with van der Waals surface area (Å²) in [5.74, 6) is 1.22. The molecular weight excluding hydrogens is 256 g/mol. The Balaban J connectivity index is 2.86. The lowest BCUT2D eigenvalue weighted by Crippen LogP contribution is -1.83. The Morgan fingerprint density at radius 1 is 0.556 bits per heavy atom. The standard InChI is InChI=1S/C16H34S2/c1-2-3-4-5-6-7-8-9-10-11-12-13-14-15-16-18-17/h17H,2-16H2,1H3. The molecule has 0 bridgehead atoms. The Morgan fingerprint density at radius 2 is 0.889 bits per heavy atom. The number of thiol groups is 1. The van der Waals surface area contributed by atoms with E-state index in [2.05, 4.69) is 18.6 Å². The fourth-order valence-corrected chi connectivity index (χ4v) is 3.08. The summed E-state index contributed by atoms with van der Waals surface area (Å²) in [6.07, 6.45) is 20.2. The predicted octanol–water partition coefficient (Wildman–Crippen LogP) is 7.05. The van der Waals surface area contributed by atoms with E-state index in [1.165, 1.54) is 95.6 Å². The number of hydrogen-bond donors (Lipinski definition) is 1. The summed E-state index contributed by atoms with van der Waals surface area (Å²) in [6.45, 7) is 2.29. The average molecular weight is 291 g/mol. The van der Waals surface area contributed by atoms with Gasteiger partial charge in [0.25, 0.3) is 0 Å².